The van der Waals surface area contributed by atoms with Crippen LogP contribution in [0.3, 0.4) is 0 Å². The Hall–Kier alpha value is -2.29. The van der Waals surface area contributed by atoms with E-state index < -0.39 is 0 Å². The molecule has 2 aromatic rings. The van der Waals surface area contributed by atoms with Crippen LogP contribution in [0, 0.1) is 26.2 Å². The van der Waals surface area contributed by atoms with Crippen LogP contribution in [0.1, 0.15) is 22.3 Å². The zero-order chi connectivity index (χ0) is 14.0. The van der Waals surface area contributed by atoms with Crippen LogP contribution in [0.25, 0.3) is 0 Å². The highest BCUT2D eigenvalue weighted by Crippen LogP contribution is 2.27. The summed E-state index contributed by atoms with van der Waals surface area (Å²) in [4.78, 5) is 0. The Balaban J connectivity index is 2.30. The van der Waals surface area contributed by atoms with Gasteiger partial charge in [0.05, 0.1) is 0 Å². The van der Waals surface area contributed by atoms with E-state index in [1.54, 1.807) is 6.07 Å². The third-order valence-electron chi connectivity index (χ3n) is 2.91. The van der Waals surface area contributed by atoms with Crippen molar-refractivity contribution in [3.8, 4) is 11.5 Å². The zero-order valence-corrected chi connectivity index (χ0v) is 11.4. The van der Waals surface area contributed by atoms with Crippen molar-refractivity contribution < 1.29 is 4.74 Å². The van der Waals surface area contributed by atoms with E-state index in [0.29, 0.717) is 5.56 Å². The maximum absolute atomic E-state index is 7.42. The zero-order valence-electron chi connectivity index (χ0n) is 11.4. The molecule has 0 radical (unpaired) electrons. The molecular weight excluding hydrogens is 236 g/mol. The summed E-state index contributed by atoms with van der Waals surface area (Å²) in [5, 5.41) is 7.42. The van der Waals surface area contributed by atoms with E-state index in [-0.39, 0.29) is 5.84 Å². The molecule has 3 heteroatoms. The second kappa shape index (κ2) is 5.14. The molecule has 0 saturated carbocycles. The Morgan fingerprint density at radius 3 is 2.16 bits per heavy atom. The second-order valence-electron chi connectivity index (χ2n) is 4.82. The van der Waals surface area contributed by atoms with Gasteiger partial charge in [-0.3, -0.25) is 5.41 Å². The predicted octanol–water partition coefficient (Wildman–Crippen LogP) is 3.69. The summed E-state index contributed by atoms with van der Waals surface area (Å²) in [6.07, 6.45) is 0. The van der Waals surface area contributed by atoms with Crippen LogP contribution in [0.4, 0.5) is 0 Å². The first kappa shape index (κ1) is 13.1. The summed E-state index contributed by atoms with van der Waals surface area (Å²) in [6.45, 7) is 6.04. The molecular formula is C16H18N2O. The quantitative estimate of drug-likeness (QED) is 0.648. The Kier molecular flexibility index (Phi) is 3.56. The lowest BCUT2D eigenvalue weighted by Gasteiger charge is -2.11. The van der Waals surface area contributed by atoms with Gasteiger partial charge in [-0.25, -0.2) is 0 Å². The molecule has 2 aromatic carbocycles. The van der Waals surface area contributed by atoms with Crippen molar-refractivity contribution >= 4 is 5.84 Å². The van der Waals surface area contributed by atoms with E-state index in [1.807, 2.05) is 45.0 Å². The van der Waals surface area contributed by atoms with Crippen LogP contribution < -0.4 is 10.5 Å². The fourth-order valence-corrected chi connectivity index (χ4v) is 2.05. The smallest absolute Gasteiger partial charge is 0.130 e. The molecule has 0 aliphatic heterocycles. The summed E-state index contributed by atoms with van der Waals surface area (Å²) in [7, 11) is 0. The summed E-state index contributed by atoms with van der Waals surface area (Å²) in [5.41, 5.74) is 9.49. The number of ether oxygens (including phenoxy) is 1. The first-order valence-electron chi connectivity index (χ1n) is 6.17. The average Bonchev–Trinajstić information content (AvgIpc) is 2.30. The minimum absolute atomic E-state index is 0.0704. The SMILES string of the molecule is Cc1cc(C)cc(Oc2ccc(C(=N)N)cc2C)c1. The third-order valence-corrected chi connectivity index (χ3v) is 2.91. The summed E-state index contributed by atoms with van der Waals surface area (Å²) < 4.78 is 5.89. The summed E-state index contributed by atoms with van der Waals surface area (Å²) in [6, 6.07) is 11.6. The van der Waals surface area contributed by atoms with Gasteiger partial charge in [0.2, 0.25) is 0 Å². The van der Waals surface area contributed by atoms with Crippen molar-refractivity contribution in [3.63, 3.8) is 0 Å². The monoisotopic (exact) mass is 254 g/mol. The van der Waals surface area contributed by atoms with Crippen molar-refractivity contribution in [1.82, 2.24) is 0 Å². The van der Waals surface area contributed by atoms with Crippen molar-refractivity contribution in [2.45, 2.75) is 20.8 Å². The van der Waals surface area contributed by atoms with E-state index in [9.17, 15) is 0 Å². The van der Waals surface area contributed by atoms with E-state index in [0.717, 1.165) is 17.1 Å². The highest BCUT2D eigenvalue weighted by atomic mass is 16.5. The van der Waals surface area contributed by atoms with Gasteiger partial charge in [0.25, 0.3) is 0 Å². The molecule has 0 fully saturated rings. The topological polar surface area (TPSA) is 59.1 Å². The first-order valence-corrected chi connectivity index (χ1v) is 6.17. The van der Waals surface area contributed by atoms with Gasteiger partial charge in [0.15, 0.2) is 0 Å². The molecule has 0 aromatic heterocycles. The van der Waals surface area contributed by atoms with Crippen molar-refractivity contribution in [2.24, 2.45) is 5.73 Å². The minimum Gasteiger partial charge on any atom is -0.457 e. The number of rotatable bonds is 3. The molecule has 0 unspecified atom stereocenters. The lowest BCUT2D eigenvalue weighted by molar-refractivity contribution is 0.478. The molecule has 0 atom stereocenters. The molecule has 2 rings (SSSR count). The molecule has 0 bridgehead atoms. The standard InChI is InChI=1S/C16H18N2O/c1-10-6-11(2)8-14(7-10)19-15-5-4-13(16(17)18)9-12(15)3/h4-9H,1-3H3,(H3,17,18). The van der Waals surface area contributed by atoms with Crippen molar-refractivity contribution in [2.75, 3.05) is 0 Å². The number of aryl methyl sites for hydroxylation is 3. The Morgan fingerprint density at radius 2 is 1.63 bits per heavy atom. The molecule has 19 heavy (non-hydrogen) atoms. The van der Waals surface area contributed by atoms with E-state index in [2.05, 4.69) is 6.07 Å². The van der Waals surface area contributed by atoms with Crippen LogP contribution in [-0.4, -0.2) is 5.84 Å². The highest BCUT2D eigenvalue weighted by molar-refractivity contribution is 5.95. The van der Waals surface area contributed by atoms with Crippen LogP contribution in [-0.2, 0) is 0 Å². The van der Waals surface area contributed by atoms with Crippen LogP contribution >= 0.6 is 0 Å². The number of hydrogen-bond donors (Lipinski definition) is 2. The molecule has 0 spiro atoms. The van der Waals surface area contributed by atoms with Gasteiger partial charge in [-0.2, -0.15) is 0 Å². The lowest BCUT2D eigenvalue weighted by atomic mass is 10.1. The summed E-state index contributed by atoms with van der Waals surface area (Å²) in [5.74, 6) is 1.69. The van der Waals surface area contributed by atoms with Crippen LogP contribution in [0.15, 0.2) is 36.4 Å². The normalized spacial score (nSPS) is 10.3. The lowest BCUT2D eigenvalue weighted by Crippen LogP contribution is -2.11. The second-order valence-corrected chi connectivity index (χ2v) is 4.82. The largest absolute Gasteiger partial charge is 0.457 e. The van der Waals surface area contributed by atoms with Crippen molar-refractivity contribution in [1.29, 1.82) is 5.41 Å². The number of nitrogens with two attached hydrogens (primary N) is 1. The number of nitrogens with one attached hydrogen (secondary N) is 1. The third kappa shape index (κ3) is 3.13. The number of nitrogen functional groups attached to an aromatic ring is 1. The van der Waals surface area contributed by atoms with Crippen LogP contribution in [0.2, 0.25) is 0 Å². The van der Waals surface area contributed by atoms with Gasteiger partial charge >= 0.3 is 0 Å². The van der Waals surface area contributed by atoms with E-state index in [4.69, 9.17) is 15.9 Å². The molecule has 3 nitrogen and oxygen atoms in total. The molecule has 0 aliphatic carbocycles. The fourth-order valence-electron chi connectivity index (χ4n) is 2.05. The van der Waals surface area contributed by atoms with Crippen LogP contribution in [0.5, 0.6) is 11.5 Å². The predicted molar refractivity (Wildman–Crippen MR) is 78.2 cm³/mol. The van der Waals surface area contributed by atoms with Crippen molar-refractivity contribution in [3.05, 3.63) is 58.7 Å². The molecule has 98 valence electrons. The summed E-state index contributed by atoms with van der Waals surface area (Å²) >= 11 is 0. The molecule has 3 N–H and O–H groups in total. The minimum atomic E-state index is 0.0704. The molecule has 0 heterocycles. The van der Waals surface area contributed by atoms with E-state index in [1.165, 1.54) is 11.1 Å². The van der Waals surface area contributed by atoms with Gasteiger partial charge < -0.3 is 10.5 Å². The molecule has 0 amide bonds. The van der Waals surface area contributed by atoms with Gasteiger partial charge in [-0.15, -0.1) is 0 Å². The van der Waals surface area contributed by atoms with Gasteiger partial charge in [-0.05, 0) is 67.8 Å². The Morgan fingerprint density at radius 1 is 1.00 bits per heavy atom. The Bertz CT molecular complexity index is 612. The average molecular weight is 254 g/mol. The van der Waals surface area contributed by atoms with Gasteiger partial charge in [0.1, 0.15) is 17.3 Å². The molecule has 0 saturated heterocycles. The molecule has 0 aliphatic rings. The van der Waals surface area contributed by atoms with E-state index >= 15 is 0 Å². The maximum atomic E-state index is 7.42. The Labute approximate surface area is 113 Å². The van der Waals surface area contributed by atoms with Gasteiger partial charge in [0, 0.05) is 5.56 Å². The number of amidine groups is 1. The van der Waals surface area contributed by atoms with Gasteiger partial charge in [-0.1, -0.05) is 6.07 Å². The number of benzene rings is 2. The number of hydrogen-bond acceptors (Lipinski definition) is 2. The maximum Gasteiger partial charge on any atom is 0.130 e. The highest BCUT2D eigenvalue weighted by Gasteiger charge is 2.05. The fraction of sp³-hybridized carbons (Fsp3) is 0.188. The first-order chi connectivity index (χ1) is 8.95.